The highest BCUT2D eigenvalue weighted by atomic mass is 35.5. The van der Waals surface area contributed by atoms with E-state index in [1.54, 1.807) is 7.11 Å². The van der Waals surface area contributed by atoms with Crippen LogP contribution in [0.3, 0.4) is 0 Å². The summed E-state index contributed by atoms with van der Waals surface area (Å²) in [6.07, 6.45) is 4.44. The van der Waals surface area contributed by atoms with E-state index in [1.807, 2.05) is 0 Å². The third-order valence-corrected chi connectivity index (χ3v) is 6.57. The monoisotopic (exact) mass is 388 g/mol. The molecule has 1 aromatic carbocycles. The molecule has 1 saturated heterocycles. The van der Waals surface area contributed by atoms with Crippen LogP contribution in [0.5, 0.6) is 0 Å². The highest BCUT2D eigenvalue weighted by Crippen LogP contribution is 2.27. The number of methoxy groups -OCH3 is 1. The summed E-state index contributed by atoms with van der Waals surface area (Å²) in [5, 5.41) is 2.89. The molecule has 25 heavy (non-hydrogen) atoms. The van der Waals surface area contributed by atoms with Gasteiger partial charge in [0, 0.05) is 38.9 Å². The van der Waals surface area contributed by atoms with Crippen LogP contribution in [0.15, 0.2) is 23.1 Å². The molecular formula is C17H25ClN2O4S. The zero-order valence-corrected chi connectivity index (χ0v) is 16.0. The van der Waals surface area contributed by atoms with Crippen molar-refractivity contribution in [3.8, 4) is 0 Å². The fourth-order valence-electron chi connectivity index (χ4n) is 2.78. The maximum absolute atomic E-state index is 12.9. The van der Waals surface area contributed by atoms with Crippen molar-refractivity contribution in [3.63, 3.8) is 0 Å². The topological polar surface area (TPSA) is 75.7 Å². The Bertz CT molecular complexity index is 686. The molecule has 0 spiro atoms. The first kappa shape index (κ1) is 20.2. The molecule has 1 fully saturated rings. The number of nitrogens with one attached hydrogen (secondary N) is 1. The number of carbonyl (C=O) groups is 1. The maximum atomic E-state index is 12.9. The van der Waals surface area contributed by atoms with Gasteiger partial charge in [-0.25, -0.2) is 8.42 Å². The second kappa shape index (κ2) is 9.52. The minimum absolute atomic E-state index is 0.000563. The Kier molecular flexibility index (Phi) is 7.68. The van der Waals surface area contributed by atoms with Crippen molar-refractivity contribution in [1.29, 1.82) is 0 Å². The zero-order chi connectivity index (χ0) is 18.3. The van der Waals surface area contributed by atoms with E-state index in [4.69, 9.17) is 16.3 Å². The zero-order valence-electron chi connectivity index (χ0n) is 14.5. The van der Waals surface area contributed by atoms with Crippen LogP contribution in [0.1, 0.15) is 42.5 Å². The molecule has 2 rings (SSSR count). The van der Waals surface area contributed by atoms with E-state index in [2.05, 4.69) is 5.32 Å². The number of hydrogen-bond acceptors (Lipinski definition) is 4. The largest absolute Gasteiger partial charge is 0.385 e. The molecule has 0 aromatic heterocycles. The molecule has 0 bridgehead atoms. The van der Waals surface area contributed by atoms with Gasteiger partial charge in [0.05, 0.1) is 5.02 Å². The number of halogens is 1. The second-order valence-electron chi connectivity index (χ2n) is 6.07. The molecule has 1 aliphatic heterocycles. The van der Waals surface area contributed by atoms with Crippen LogP contribution in [0.4, 0.5) is 0 Å². The highest BCUT2D eigenvalue weighted by molar-refractivity contribution is 7.89. The van der Waals surface area contributed by atoms with Gasteiger partial charge in [-0.3, -0.25) is 4.79 Å². The predicted molar refractivity (Wildman–Crippen MR) is 97.5 cm³/mol. The van der Waals surface area contributed by atoms with E-state index in [0.717, 1.165) is 25.7 Å². The Morgan fingerprint density at radius 1 is 1.24 bits per heavy atom. The van der Waals surface area contributed by atoms with Crippen molar-refractivity contribution in [2.75, 3.05) is 33.4 Å². The van der Waals surface area contributed by atoms with Gasteiger partial charge in [0.25, 0.3) is 5.91 Å². The molecule has 1 aliphatic rings. The van der Waals surface area contributed by atoms with Crippen molar-refractivity contribution in [2.24, 2.45) is 0 Å². The van der Waals surface area contributed by atoms with Gasteiger partial charge in [0.15, 0.2) is 0 Å². The Hall–Kier alpha value is -1.15. The highest BCUT2D eigenvalue weighted by Gasteiger charge is 2.28. The smallest absolute Gasteiger partial charge is 0.251 e. The second-order valence-corrected chi connectivity index (χ2v) is 8.38. The summed E-state index contributed by atoms with van der Waals surface area (Å²) in [4.78, 5) is 12.2. The van der Waals surface area contributed by atoms with E-state index < -0.39 is 10.0 Å². The summed E-state index contributed by atoms with van der Waals surface area (Å²) < 4.78 is 32.3. The first-order valence-corrected chi connectivity index (χ1v) is 10.4. The Balaban J connectivity index is 2.18. The number of benzene rings is 1. The van der Waals surface area contributed by atoms with Crippen molar-refractivity contribution >= 4 is 27.5 Å². The molecule has 0 unspecified atom stereocenters. The van der Waals surface area contributed by atoms with Crippen LogP contribution < -0.4 is 5.32 Å². The lowest BCUT2D eigenvalue weighted by atomic mass is 10.2. The molecule has 1 N–H and O–H groups in total. The first-order chi connectivity index (χ1) is 12.0. The summed E-state index contributed by atoms with van der Waals surface area (Å²) in [6, 6.07) is 4.37. The molecule has 0 atom stereocenters. The Morgan fingerprint density at radius 3 is 2.56 bits per heavy atom. The lowest BCUT2D eigenvalue weighted by Crippen LogP contribution is -2.32. The van der Waals surface area contributed by atoms with E-state index in [9.17, 15) is 13.2 Å². The first-order valence-electron chi connectivity index (χ1n) is 8.53. The number of carbonyl (C=O) groups excluding carboxylic acids is 1. The van der Waals surface area contributed by atoms with Crippen LogP contribution in [0, 0.1) is 0 Å². The maximum Gasteiger partial charge on any atom is 0.251 e. The van der Waals surface area contributed by atoms with Crippen LogP contribution in [0.2, 0.25) is 5.02 Å². The summed E-state index contributed by atoms with van der Waals surface area (Å²) in [6.45, 7) is 2.00. The fraction of sp³-hybridized carbons (Fsp3) is 0.588. The molecule has 140 valence electrons. The van der Waals surface area contributed by atoms with Crippen LogP contribution in [0.25, 0.3) is 0 Å². The van der Waals surface area contributed by atoms with Crippen LogP contribution in [-0.2, 0) is 14.8 Å². The molecule has 1 heterocycles. The van der Waals surface area contributed by atoms with Crippen LogP contribution >= 0.6 is 11.6 Å². The van der Waals surface area contributed by atoms with E-state index in [0.29, 0.717) is 32.7 Å². The number of sulfonamides is 1. The summed E-state index contributed by atoms with van der Waals surface area (Å²) in [5.41, 5.74) is 0.287. The fourth-order valence-corrected chi connectivity index (χ4v) is 4.80. The van der Waals surface area contributed by atoms with Gasteiger partial charge in [-0.1, -0.05) is 24.4 Å². The standard InChI is InChI=1S/C17H25ClN2O4S/c1-24-12-6-9-19-17(21)14-7-8-15(18)16(13-14)25(22,23)20-10-4-2-3-5-11-20/h7-8,13H,2-6,9-12H2,1H3,(H,19,21). The molecule has 6 nitrogen and oxygen atoms in total. The van der Waals surface area contributed by atoms with Gasteiger partial charge in [-0.15, -0.1) is 0 Å². The third-order valence-electron chi connectivity index (χ3n) is 4.19. The average molecular weight is 389 g/mol. The molecule has 0 radical (unpaired) electrons. The molecule has 8 heteroatoms. The SMILES string of the molecule is COCCCNC(=O)c1ccc(Cl)c(S(=O)(=O)N2CCCCCC2)c1. The Morgan fingerprint density at radius 2 is 1.92 bits per heavy atom. The van der Waals surface area contributed by atoms with Gasteiger partial charge >= 0.3 is 0 Å². The van der Waals surface area contributed by atoms with E-state index >= 15 is 0 Å². The van der Waals surface area contributed by atoms with Gasteiger partial charge < -0.3 is 10.1 Å². The molecule has 0 saturated carbocycles. The summed E-state index contributed by atoms with van der Waals surface area (Å²) >= 11 is 6.14. The lowest BCUT2D eigenvalue weighted by Gasteiger charge is -2.21. The van der Waals surface area contributed by atoms with Gasteiger partial charge in [0.2, 0.25) is 10.0 Å². The van der Waals surface area contributed by atoms with Crippen molar-refractivity contribution < 1.29 is 17.9 Å². The number of ether oxygens (including phenoxy) is 1. The summed E-state index contributed by atoms with van der Waals surface area (Å²) in [7, 11) is -2.10. The molecule has 1 aromatic rings. The summed E-state index contributed by atoms with van der Waals surface area (Å²) in [5.74, 6) is -0.319. The molecule has 0 aliphatic carbocycles. The number of nitrogens with zero attached hydrogens (tertiary/aromatic N) is 1. The molecule has 1 amide bonds. The lowest BCUT2D eigenvalue weighted by molar-refractivity contribution is 0.0948. The molecular weight excluding hydrogens is 364 g/mol. The minimum atomic E-state index is -3.70. The normalized spacial score (nSPS) is 16.4. The Labute approximate surface area is 154 Å². The quantitative estimate of drug-likeness (QED) is 0.728. The number of rotatable bonds is 7. The number of hydrogen-bond donors (Lipinski definition) is 1. The predicted octanol–water partition coefficient (Wildman–Crippen LogP) is 2.67. The van der Waals surface area contributed by atoms with Crippen LogP contribution in [-0.4, -0.2) is 52.0 Å². The van der Waals surface area contributed by atoms with E-state index in [-0.39, 0.29) is 21.4 Å². The third kappa shape index (κ3) is 5.41. The van der Waals surface area contributed by atoms with Gasteiger partial charge in [-0.2, -0.15) is 4.31 Å². The van der Waals surface area contributed by atoms with Crippen molar-refractivity contribution in [2.45, 2.75) is 37.0 Å². The van der Waals surface area contributed by atoms with E-state index in [1.165, 1.54) is 22.5 Å². The van der Waals surface area contributed by atoms with Crippen molar-refractivity contribution in [1.82, 2.24) is 9.62 Å². The van der Waals surface area contributed by atoms with Crippen molar-refractivity contribution in [3.05, 3.63) is 28.8 Å². The van der Waals surface area contributed by atoms with Gasteiger partial charge in [0.1, 0.15) is 4.90 Å². The average Bonchev–Trinajstić information content (AvgIpc) is 2.88. The van der Waals surface area contributed by atoms with Gasteiger partial charge in [-0.05, 0) is 37.5 Å². The number of amides is 1. The minimum Gasteiger partial charge on any atom is -0.385 e.